The highest BCUT2D eigenvalue weighted by Gasteiger charge is 2.10. The minimum atomic E-state index is -0.532. The van der Waals surface area contributed by atoms with E-state index < -0.39 is 11.7 Å². The Morgan fingerprint density at radius 3 is 2.62 bits per heavy atom. The van der Waals surface area contributed by atoms with Crippen LogP contribution in [0.25, 0.3) is 0 Å². The molecule has 2 aromatic carbocycles. The van der Waals surface area contributed by atoms with Crippen LogP contribution in [0.15, 0.2) is 42.5 Å². The van der Waals surface area contributed by atoms with Crippen molar-refractivity contribution < 1.29 is 13.9 Å². The standard InChI is InChI=1S/C16H15ClFNO2/c1-2-9-21-13-6-3-11(4-7-13)16(20)19-15-10-12(17)5-8-14(15)18/h3-8,10H,2,9H2,1H3,(H,19,20). The first-order valence-corrected chi connectivity index (χ1v) is 6.97. The quantitative estimate of drug-likeness (QED) is 0.882. The molecule has 0 saturated heterocycles. The van der Waals surface area contributed by atoms with Crippen LogP contribution in [0.4, 0.5) is 10.1 Å². The number of nitrogens with one attached hydrogen (secondary N) is 1. The summed E-state index contributed by atoms with van der Waals surface area (Å²) in [6.07, 6.45) is 0.913. The predicted molar refractivity (Wildman–Crippen MR) is 81.6 cm³/mol. The largest absolute Gasteiger partial charge is 0.494 e. The Bertz CT molecular complexity index is 629. The number of anilines is 1. The minimum absolute atomic E-state index is 0.0545. The first-order chi connectivity index (χ1) is 10.1. The van der Waals surface area contributed by atoms with Gasteiger partial charge in [-0.05, 0) is 48.9 Å². The molecule has 0 heterocycles. The summed E-state index contributed by atoms with van der Waals surface area (Å²) in [5.74, 6) is -0.240. The van der Waals surface area contributed by atoms with E-state index in [2.05, 4.69) is 5.32 Å². The summed E-state index contributed by atoms with van der Waals surface area (Å²) in [6, 6.07) is 10.7. The molecule has 1 N–H and O–H groups in total. The summed E-state index contributed by atoms with van der Waals surface area (Å²) >= 11 is 5.78. The maximum absolute atomic E-state index is 13.6. The summed E-state index contributed by atoms with van der Waals surface area (Å²) in [4.78, 5) is 12.0. The number of hydrogen-bond donors (Lipinski definition) is 1. The molecule has 0 aliphatic heterocycles. The van der Waals surface area contributed by atoms with Crippen LogP contribution in [0.3, 0.4) is 0 Å². The highest BCUT2D eigenvalue weighted by Crippen LogP contribution is 2.21. The molecule has 0 unspecified atom stereocenters. The molecule has 0 aromatic heterocycles. The normalized spacial score (nSPS) is 10.2. The first-order valence-electron chi connectivity index (χ1n) is 6.59. The lowest BCUT2D eigenvalue weighted by molar-refractivity contribution is 0.102. The number of hydrogen-bond acceptors (Lipinski definition) is 2. The van der Waals surface area contributed by atoms with E-state index in [-0.39, 0.29) is 5.69 Å². The summed E-state index contributed by atoms with van der Waals surface area (Å²) < 4.78 is 19.0. The topological polar surface area (TPSA) is 38.3 Å². The van der Waals surface area contributed by atoms with Crippen molar-refractivity contribution in [1.29, 1.82) is 0 Å². The van der Waals surface area contributed by atoms with Crippen LogP contribution in [-0.4, -0.2) is 12.5 Å². The molecule has 5 heteroatoms. The van der Waals surface area contributed by atoms with Crippen LogP contribution < -0.4 is 10.1 Å². The van der Waals surface area contributed by atoms with Gasteiger partial charge in [-0.1, -0.05) is 18.5 Å². The number of benzene rings is 2. The third-order valence-corrected chi connectivity index (χ3v) is 3.00. The lowest BCUT2D eigenvalue weighted by atomic mass is 10.2. The molecule has 1 amide bonds. The molecular weight excluding hydrogens is 293 g/mol. The molecule has 0 bridgehead atoms. The van der Waals surface area contributed by atoms with Gasteiger partial charge in [0.25, 0.3) is 5.91 Å². The fraction of sp³-hybridized carbons (Fsp3) is 0.188. The van der Waals surface area contributed by atoms with Crippen LogP contribution in [-0.2, 0) is 0 Å². The Morgan fingerprint density at radius 2 is 1.95 bits per heavy atom. The van der Waals surface area contributed by atoms with E-state index in [4.69, 9.17) is 16.3 Å². The van der Waals surface area contributed by atoms with Crippen molar-refractivity contribution in [2.24, 2.45) is 0 Å². The van der Waals surface area contributed by atoms with Gasteiger partial charge in [-0.3, -0.25) is 4.79 Å². The number of carbonyl (C=O) groups excluding carboxylic acids is 1. The van der Waals surface area contributed by atoms with Gasteiger partial charge in [-0.25, -0.2) is 4.39 Å². The molecule has 0 radical (unpaired) electrons. The summed E-state index contributed by atoms with van der Waals surface area (Å²) in [5.41, 5.74) is 0.469. The second-order valence-electron chi connectivity index (χ2n) is 4.45. The molecular formula is C16H15ClFNO2. The fourth-order valence-corrected chi connectivity index (χ4v) is 1.88. The average Bonchev–Trinajstić information content (AvgIpc) is 2.49. The van der Waals surface area contributed by atoms with E-state index in [0.29, 0.717) is 22.9 Å². The monoisotopic (exact) mass is 307 g/mol. The van der Waals surface area contributed by atoms with Crippen molar-refractivity contribution in [2.75, 3.05) is 11.9 Å². The molecule has 21 heavy (non-hydrogen) atoms. The third-order valence-electron chi connectivity index (χ3n) is 2.77. The summed E-state index contributed by atoms with van der Waals surface area (Å²) in [5, 5.41) is 2.85. The lowest BCUT2D eigenvalue weighted by Gasteiger charge is -2.08. The third kappa shape index (κ3) is 4.20. The van der Waals surface area contributed by atoms with E-state index in [1.54, 1.807) is 24.3 Å². The van der Waals surface area contributed by atoms with Gasteiger partial charge in [0, 0.05) is 10.6 Å². The second kappa shape index (κ2) is 7.09. The van der Waals surface area contributed by atoms with E-state index in [0.717, 1.165) is 6.42 Å². The molecule has 3 nitrogen and oxygen atoms in total. The Balaban J connectivity index is 2.07. The lowest BCUT2D eigenvalue weighted by Crippen LogP contribution is -2.13. The molecule has 0 atom stereocenters. The zero-order valence-electron chi connectivity index (χ0n) is 11.5. The van der Waals surface area contributed by atoms with Crippen molar-refractivity contribution in [3.63, 3.8) is 0 Å². The van der Waals surface area contributed by atoms with Crippen molar-refractivity contribution in [1.82, 2.24) is 0 Å². The molecule has 110 valence electrons. The number of halogens is 2. The number of amides is 1. The number of ether oxygens (including phenoxy) is 1. The fourth-order valence-electron chi connectivity index (χ4n) is 1.71. The Hall–Kier alpha value is -2.07. The summed E-state index contributed by atoms with van der Waals surface area (Å²) in [6.45, 7) is 2.64. The first kappa shape index (κ1) is 15.3. The van der Waals surface area contributed by atoms with Crippen LogP contribution in [0.5, 0.6) is 5.75 Å². The molecule has 2 rings (SSSR count). The van der Waals surface area contributed by atoms with Crippen LogP contribution in [0, 0.1) is 5.82 Å². The maximum Gasteiger partial charge on any atom is 0.255 e. The van der Waals surface area contributed by atoms with Gasteiger partial charge >= 0.3 is 0 Å². The zero-order chi connectivity index (χ0) is 15.2. The molecule has 0 spiro atoms. The number of carbonyl (C=O) groups is 1. The molecule has 0 saturated carbocycles. The molecule has 0 fully saturated rings. The van der Waals surface area contributed by atoms with Gasteiger partial charge in [0.05, 0.1) is 12.3 Å². The minimum Gasteiger partial charge on any atom is -0.494 e. The average molecular weight is 308 g/mol. The zero-order valence-corrected chi connectivity index (χ0v) is 12.3. The van der Waals surface area contributed by atoms with Gasteiger partial charge in [-0.15, -0.1) is 0 Å². The van der Waals surface area contributed by atoms with Crippen LogP contribution in [0.1, 0.15) is 23.7 Å². The highest BCUT2D eigenvalue weighted by molar-refractivity contribution is 6.31. The maximum atomic E-state index is 13.6. The molecule has 2 aromatic rings. The van der Waals surface area contributed by atoms with Crippen molar-refractivity contribution >= 4 is 23.2 Å². The smallest absolute Gasteiger partial charge is 0.255 e. The van der Waals surface area contributed by atoms with Gasteiger partial charge in [0.2, 0.25) is 0 Å². The van der Waals surface area contributed by atoms with E-state index in [9.17, 15) is 9.18 Å². The summed E-state index contributed by atoms with van der Waals surface area (Å²) in [7, 11) is 0. The van der Waals surface area contributed by atoms with E-state index in [1.807, 2.05) is 6.92 Å². The van der Waals surface area contributed by atoms with E-state index >= 15 is 0 Å². The van der Waals surface area contributed by atoms with E-state index in [1.165, 1.54) is 18.2 Å². The Labute approximate surface area is 127 Å². The van der Waals surface area contributed by atoms with Gasteiger partial charge in [-0.2, -0.15) is 0 Å². The van der Waals surface area contributed by atoms with Crippen molar-refractivity contribution in [2.45, 2.75) is 13.3 Å². The number of rotatable bonds is 5. The SMILES string of the molecule is CCCOc1ccc(C(=O)Nc2cc(Cl)ccc2F)cc1. The highest BCUT2D eigenvalue weighted by atomic mass is 35.5. The van der Waals surface area contributed by atoms with Gasteiger partial charge in [0.1, 0.15) is 11.6 Å². The van der Waals surface area contributed by atoms with Gasteiger partial charge < -0.3 is 10.1 Å². The van der Waals surface area contributed by atoms with Crippen LogP contribution in [0.2, 0.25) is 5.02 Å². The molecule has 0 aliphatic carbocycles. The predicted octanol–water partition coefficient (Wildman–Crippen LogP) is 4.52. The van der Waals surface area contributed by atoms with Crippen LogP contribution >= 0.6 is 11.6 Å². The molecule has 0 aliphatic rings. The van der Waals surface area contributed by atoms with Gasteiger partial charge in [0.15, 0.2) is 0 Å². The van der Waals surface area contributed by atoms with Crippen molar-refractivity contribution in [3.8, 4) is 5.75 Å². The Kier molecular flexibility index (Phi) is 5.17. The second-order valence-corrected chi connectivity index (χ2v) is 4.89. The Morgan fingerprint density at radius 1 is 1.24 bits per heavy atom. The van der Waals surface area contributed by atoms with Crippen molar-refractivity contribution in [3.05, 3.63) is 58.9 Å².